The average Bonchev–Trinajstić information content (AvgIpc) is 2.24. The van der Waals surface area contributed by atoms with Crippen LogP contribution in [-0.2, 0) is 18.3 Å². The number of carboxylic acid groups (broad SMARTS) is 1. The number of aromatic hydroxyl groups is 1. The molecule has 0 radical (unpaired) electrons. The zero-order valence-corrected chi connectivity index (χ0v) is 9.04. The largest absolute Gasteiger partial charge is 0.508 e. The highest BCUT2D eigenvalue weighted by molar-refractivity contribution is 5.79. The molecule has 0 spiro atoms. The van der Waals surface area contributed by atoms with E-state index in [0.717, 1.165) is 0 Å². The highest BCUT2D eigenvalue weighted by Crippen LogP contribution is 2.15. The maximum Gasteiger partial charge on any atom is 0.311 e. The summed E-state index contributed by atoms with van der Waals surface area (Å²) < 4.78 is 1.20. The van der Waals surface area contributed by atoms with E-state index in [1.807, 2.05) is 0 Å². The minimum atomic E-state index is -1.06. The molecule has 0 saturated heterocycles. The first-order valence-electron chi connectivity index (χ1n) is 4.89. The Morgan fingerprint density at radius 2 is 2.18 bits per heavy atom. The van der Waals surface area contributed by atoms with Crippen molar-refractivity contribution in [3.8, 4) is 5.75 Å². The third-order valence-corrected chi connectivity index (χ3v) is 2.46. The lowest BCUT2D eigenvalue weighted by atomic mass is 10.2. The zero-order valence-electron chi connectivity index (χ0n) is 9.04. The molecule has 0 fully saturated rings. The molecule has 1 heterocycles. The number of benzene rings is 1. The molecule has 6 nitrogen and oxygen atoms in total. The molecule has 0 unspecified atom stereocenters. The highest BCUT2D eigenvalue weighted by Gasteiger charge is 2.11. The fourth-order valence-electron chi connectivity index (χ4n) is 1.60. The van der Waals surface area contributed by atoms with Crippen molar-refractivity contribution < 1.29 is 15.0 Å². The van der Waals surface area contributed by atoms with Gasteiger partial charge in [-0.3, -0.25) is 14.2 Å². The van der Waals surface area contributed by atoms with Crippen LogP contribution in [-0.4, -0.2) is 25.7 Å². The second-order valence-electron chi connectivity index (χ2n) is 3.66. The normalized spacial score (nSPS) is 10.6. The van der Waals surface area contributed by atoms with Gasteiger partial charge < -0.3 is 10.2 Å². The number of fused-ring (bicyclic) bond motifs is 1. The Kier molecular flexibility index (Phi) is 2.55. The zero-order chi connectivity index (χ0) is 12.6. The van der Waals surface area contributed by atoms with Crippen LogP contribution in [0.4, 0.5) is 0 Å². The van der Waals surface area contributed by atoms with Crippen molar-refractivity contribution in [1.82, 2.24) is 9.55 Å². The van der Waals surface area contributed by atoms with Gasteiger partial charge in [0, 0.05) is 13.1 Å². The molecule has 2 aromatic rings. The summed E-state index contributed by atoms with van der Waals surface area (Å²) in [5, 5.41) is 18.3. The molecule has 0 saturated carbocycles. The minimum absolute atomic E-state index is 0.0143. The minimum Gasteiger partial charge on any atom is -0.508 e. The van der Waals surface area contributed by atoms with Crippen LogP contribution in [0.5, 0.6) is 5.75 Å². The van der Waals surface area contributed by atoms with Crippen molar-refractivity contribution in [3.05, 3.63) is 34.4 Å². The van der Waals surface area contributed by atoms with Crippen molar-refractivity contribution in [1.29, 1.82) is 0 Å². The first-order valence-corrected chi connectivity index (χ1v) is 4.89. The number of hydrogen-bond acceptors (Lipinski definition) is 4. The number of rotatable bonds is 2. The Morgan fingerprint density at radius 3 is 2.82 bits per heavy atom. The number of carbonyl (C=O) groups is 1. The Bertz CT molecular complexity index is 660. The number of aliphatic carboxylic acids is 1. The third kappa shape index (κ3) is 1.96. The van der Waals surface area contributed by atoms with Gasteiger partial charge in [0.05, 0.1) is 10.9 Å². The monoisotopic (exact) mass is 234 g/mol. The molecule has 0 atom stereocenters. The molecule has 1 aromatic heterocycles. The molecule has 0 amide bonds. The molecule has 17 heavy (non-hydrogen) atoms. The quantitative estimate of drug-likeness (QED) is 0.777. The summed E-state index contributed by atoms with van der Waals surface area (Å²) in [6.45, 7) is 0. The lowest BCUT2D eigenvalue weighted by Gasteiger charge is -2.07. The van der Waals surface area contributed by atoms with Crippen LogP contribution >= 0.6 is 0 Å². The number of aromatic nitrogens is 2. The topological polar surface area (TPSA) is 92.4 Å². The van der Waals surface area contributed by atoms with Crippen LogP contribution in [0.2, 0.25) is 0 Å². The van der Waals surface area contributed by atoms with Crippen LogP contribution in [0, 0.1) is 0 Å². The number of nitrogens with zero attached hydrogens (tertiary/aromatic N) is 2. The summed E-state index contributed by atoms with van der Waals surface area (Å²) in [6, 6.07) is 4.19. The maximum atomic E-state index is 11.9. The van der Waals surface area contributed by atoms with Crippen LogP contribution in [0.3, 0.4) is 0 Å². The standard InChI is InChI=1S/C11H10N2O4/c1-13-9(5-10(15)16)12-8-4-6(14)2-3-7(8)11(13)17/h2-4,14H,5H2,1H3,(H,15,16). The second-order valence-corrected chi connectivity index (χ2v) is 3.66. The molecule has 0 aliphatic heterocycles. The fraction of sp³-hybridized carbons (Fsp3) is 0.182. The smallest absolute Gasteiger partial charge is 0.311 e. The summed E-state index contributed by atoms with van der Waals surface area (Å²) in [5.41, 5.74) is -0.0319. The number of phenolic OH excluding ortho intramolecular Hbond substituents is 1. The predicted molar refractivity (Wildman–Crippen MR) is 60.0 cm³/mol. The van der Waals surface area contributed by atoms with Gasteiger partial charge in [0.1, 0.15) is 18.0 Å². The molecule has 2 N–H and O–H groups in total. The van der Waals surface area contributed by atoms with Gasteiger partial charge in [-0.1, -0.05) is 0 Å². The lowest BCUT2D eigenvalue weighted by Crippen LogP contribution is -2.24. The van der Waals surface area contributed by atoms with E-state index >= 15 is 0 Å². The van der Waals surface area contributed by atoms with Gasteiger partial charge in [-0.15, -0.1) is 0 Å². The predicted octanol–water partition coefficient (Wildman–Crippen LogP) is 0.266. The number of phenols is 1. The molecular weight excluding hydrogens is 224 g/mol. The van der Waals surface area contributed by atoms with Crippen molar-refractivity contribution in [2.24, 2.45) is 7.05 Å². The first-order chi connectivity index (χ1) is 7.99. The van der Waals surface area contributed by atoms with Gasteiger partial charge in [0.25, 0.3) is 5.56 Å². The Balaban J connectivity index is 2.75. The van der Waals surface area contributed by atoms with E-state index in [2.05, 4.69) is 4.98 Å². The van der Waals surface area contributed by atoms with E-state index in [-0.39, 0.29) is 23.6 Å². The van der Waals surface area contributed by atoms with E-state index in [4.69, 9.17) is 5.11 Å². The van der Waals surface area contributed by atoms with E-state index in [9.17, 15) is 14.7 Å². The van der Waals surface area contributed by atoms with Crippen LogP contribution < -0.4 is 5.56 Å². The van der Waals surface area contributed by atoms with Gasteiger partial charge in [0.15, 0.2) is 0 Å². The first kappa shape index (κ1) is 11.1. The second kappa shape index (κ2) is 3.89. The number of carboxylic acids is 1. The SMILES string of the molecule is Cn1c(CC(=O)O)nc2cc(O)ccc2c1=O. The molecular formula is C11H10N2O4. The van der Waals surface area contributed by atoms with Gasteiger partial charge in [-0.25, -0.2) is 4.98 Å². The molecule has 0 aliphatic carbocycles. The summed E-state index contributed by atoms with van der Waals surface area (Å²) in [6.07, 6.45) is -0.336. The molecule has 0 aliphatic rings. The van der Waals surface area contributed by atoms with Crippen LogP contribution in [0.15, 0.2) is 23.0 Å². The third-order valence-electron chi connectivity index (χ3n) is 2.46. The molecule has 0 bridgehead atoms. The summed E-state index contributed by atoms with van der Waals surface area (Å²) in [7, 11) is 1.47. The lowest BCUT2D eigenvalue weighted by molar-refractivity contribution is -0.136. The van der Waals surface area contributed by atoms with E-state index in [1.165, 1.54) is 29.8 Å². The van der Waals surface area contributed by atoms with Gasteiger partial charge in [0.2, 0.25) is 0 Å². The van der Waals surface area contributed by atoms with E-state index in [1.54, 1.807) is 0 Å². The van der Waals surface area contributed by atoms with Gasteiger partial charge in [-0.2, -0.15) is 0 Å². The molecule has 6 heteroatoms. The molecule has 88 valence electrons. The molecule has 2 rings (SSSR count). The van der Waals surface area contributed by atoms with E-state index < -0.39 is 5.97 Å². The van der Waals surface area contributed by atoms with E-state index in [0.29, 0.717) is 10.9 Å². The summed E-state index contributed by atoms with van der Waals surface area (Å²) >= 11 is 0. The average molecular weight is 234 g/mol. The van der Waals surface area contributed by atoms with Crippen molar-refractivity contribution in [2.45, 2.75) is 6.42 Å². The fourth-order valence-corrected chi connectivity index (χ4v) is 1.60. The van der Waals surface area contributed by atoms with Crippen molar-refractivity contribution in [2.75, 3.05) is 0 Å². The summed E-state index contributed by atoms with van der Waals surface area (Å²) in [4.78, 5) is 26.6. The van der Waals surface area contributed by atoms with Crippen molar-refractivity contribution >= 4 is 16.9 Å². The maximum absolute atomic E-state index is 11.9. The highest BCUT2D eigenvalue weighted by atomic mass is 16.4. The number of hydrogen-bond donors (Lipinski definition) is 2. The van der Waals surface area contributed by atoms with Gasteiger partial charge >= 0.3 is 5.97 Å². The Labute approximate surface area is 95.8 Å². The van der Waals surface area contributed by atoms with Crippen LogP contribution in [0.25, 0.3) is 10.9 Å². The van der Waals surface area contributed by atoms with Crippen molar-refractivity contribution in [3.63, 3.8) is 0 Å². The summed E-state index contributed by atoms with van der Waals surface area (Å²) in [5.74, 6) is -0.924. The van der Waals surface area contributed by atoms with Gasteiger partial charge in [-0.05, 0) is 12.1 Å². The Morgan fingerprint density at radius 1 is 1.47 bits per heavy atom. The Hall–Kier alpha value is -2.37. The molecule has 1 aromatic carbocycles. The van der Waals surface area contributed by atoms with Crippen LogP contribution in [0.1, 0.15) is 5.82 Å².